The molecule has 1 N–H and O–H groups in total. The number of sulfonamides is 1. The minimum absolute atomic E-state index is 0.336. The highest BCUT2D eigenvalue weighted by Crippen LogP contribution is 2.33. The van der Waals surface area contributed by atoms with Gasteiger partial charge in [0, 0.05) is 24.2 Å². The predicted octanol–water partition coefficient (Wildman–Crippen LogP) is 3.94. The van der Waals surface area contributed by atoms with Crippen LogP contribution < -0.4 is 18.9 Å². The van der Waals surface area contributed by atoms with E-state index in [-0.39, 0.29) is 0 Å². The summed E-state index contributed by atoms with van der Waals surface area (Å²) in [4.78, 5) is 2.11. The Morgan fingerprint density at radius 1 is 0.967 bits per heavy atom. The summed E-state index contributed by atoms with van der Waals surface area (Å²) in [5.41, 5.74) is 1.36. The quantitative estimate of drug-likeness (QED) is 0.529. The van der Waals surface area contributed by atoms with E-state index in [0.717, 1.165) is 24.8 Å². The summed E-state index contributed by atoms with van der Waals surface area (Å²) in [6.45, 7) is 1.86. The van der Waals surface area contributed by atoms with Gasteiger partial charge in [0.2, 0.25) is 10.0 Å². The number of nitrogens with zero attached hydrogens (tertiary/aromatic N) is 1. The number of ether oxygens (including phenoxy) is 3. The largest absolute Gasteiger partial charge is 0.493 e. The Bertz CT molecular complexity index is 970. The molecule has 0 saturated carbocycles. The van der Waals surface area contributed by atoms with Crippen molar-refractivity contribution >= 4 is 38.9 Å². The van der Waals surface area contributed by atoms with Gasteiger partial charge in [-0.15, -0.1) is 0 Å². The molecule has 0 amide bonds. The van der Waals surface area contributed by atoms with Gasteiger partial charge in [-0.1, -0.05) is 23.2 Å². The molecule has 0 bridgehead atoms. The van der Waals surface area contributed by atoms with Crippen LogP contribution in [0.5, 0.6) is 17.2 Å². The fourth-order valence-electron chi connectivity index (χ4n) is 2.72. The molecule has 7 nitrogen and oxygen atoms in total. The van der Waals surface area contributed by atoms with E-state index < -0.39 is 10.0 Å². The molecule has 0 radical (unpaired) electrons. The van der Waals surface area contributed by atoms with Crippen molar-refractivity contribution in [1.82, 2.24) is 4.90 Å². The van der Waals surface area contributed by atoms with E-state index in [1.807, 2.05) is 13.1 Å². The molecule has 30 heavy (non-hydrogen) atoms. The Balaban J connectivity index is 1.85. The van der Waals surface area contributed by atoms with E-state index in [1.165, 1.54) is 6.07 Å². The molecule has 0 atom stereocenters. The van der Waals surface area contributed by atoms with Gasteiger partial charge >= 0.3 is 0 Å². The summed E-state index contributed by atoms with van der Waals surface area (Å²) in [7, 11) is 1.79. The minimum Gasteiger partial charge on any atom is -0.493 e. The van der Waals surface area contributed by atoms with Crippen LogP contribution in [0, 0.1) is 0 Å². The van der Waals surface area contributed by atoms with E-state index in [1.54, 1.807) is 32.4 Å². The summed E-state index contributed by atoms with van der Waals surface area (Å²) in [5, 5.41) is 0.968. The zero-order valence-corrected chi connectivity index (χ0v) is 19.7. The number of benzene rings is 2. The van der Waals surface area contributed by atoms with Gasteiger partial charge in [0.25, 0.3) is 0 Å². The van der Waals surface area contributed by atoms with Crippen molar-refractivity contribution in [2.45, 2.75) is 6.42 Å². The number of nitrogens with one attached hydrogen (secondary N) is 1. The van der Waals surface area contributed by atoms with Gasteiger partial charge in [0.1, 0.15) is 12.4 Å². The third-order valence-electron chi connectivity index (χ3n) is 4.28. The highest BCUT2D eigenvalue weighted by molar-refractivity contribution is 7.92. The molecule has 2 aromatic carbocycles. The van der Waals surface area contributed by atoms with Gasteiger partial charge < -0.3 is 19.1 Å². The number of halogens is 2. The van der Waals surface area contributed by atoms with E-state index in [0.29, 0.717) is 46.1 Å². The molecule has 0 spiro atoms. The van der Waals surface area contributed by atoms with Crippen molar-refractivity contribution in [3.8, 4) is 17.2 Å². The maximum Gasteiger partial charge on any atom is 0.229 e. The summed E-state index contributed by atoms with van der Waals surface area (Å²) < 4.78 is 41.2. The van der Waals surface area contributed by atoms with E-state index in [4.69, 9.17) is 37.4 Å². The molecule has 2 aromatic rings. The van der Waals surface area contributed by atoms with Gasteiger partial charge in [-0.3, -0.25) is 4.72 Å². The second-order valence-corrected chi connectivity index (χ2v) is 9.28. The highest BCUT2D eigenvalue weighted by Gasteiger charge is 2.11. The molecule has 10 heteroatoms. The number of rotatable bonds is 11. The first kappa shape index (κ1) is 24.4. The summed E-state index contributed by atoms with van der Waals surface area (Å²) in [5.74, 6) is 1.74. The Morgan fingerprint density at radius 2 is 1.63 bits per heavy atom. The smallest absolute Gasteiger partial charge is 0.229 e. The van der Waals surface area contributed by atoms with Crippen LogP contribution in [0.25, 0.3) is 0 Å². The fraction of sp³-hybridized carbons (Fsp3) is 0.400. The first-order valence-electron chi connectivity index (χ1n) is 9.12. The molecule has 166 valence electrons. The molecule has 0 unspecified atom stereocenters. The van der Waals surface area contributed by atoms with Crippen LogP contribution in [0.15, 0.2) is 30.3 Å². The minimum atomic E-state index is -3.36. The van der Waals surface area contributed by atoms with E-state index in [2.05, 4.69) is 9.62 Å². The van der Waals surface area contributed by atoms with Gasteiger partial charge in [-0.05, 0) is 43.3 Å². The molecular formula is C20H26Cl2N2O5S. The predicted molar refractivity (Wildman–Crippen MR) is 121 cm³/mol. The standard InChI is InChI=1S/C20H26Cl2N2O5S/c1-24(8-7-14-11-19(27-2)20(28-3)13-16(14)21)9-10-29-18-6-5-15(12-17(18)22)23-30(4,25)26/h5-6,11-13,23H,7-10H2,1-4H3. The Hall–Kier alpha value is -1.87. The molecular weight excluding hydrogens is 451 g/mol. The van der Waals surface area contributed by atoms with Crippen LogP contribution in [-0.2, 0) is 16.4 Å². The lowest BCUT2D eigenvalue weighted by atomic mass is 10.1. The molecule has 0 saturated heterocycles. The van der Waals surface area contributed by atoms with Crippen molar-refractivity contribution in [2.75, 3.05) is 51.9 Å². The van der Waals surface area contributed by atoms with Gasteiger partial charge in [-0.2, -0.15) is 0 Å². The van der Waals surface area contributed by atoms with Crippen molar-refractivity contribution in [3.63, 3.8) is 0 Å². The van der Waals surface area contributed by atoms with E-state index in [9.17, 15) is 8.42 Å². The lowest BCUT2D eigenvalue weighted by Crippen LogP contribution is -2.26. The average molecular weight is 477 g/mol. The first-order chi connectivity index (χ1) is 14.1. The maximum atomic E-state index is 11.3. The average Bonchev–Trinajstić information content (AvgIpc) is 2.67. The Kier molecular flexibility index (Phi) is 8.91. The molecule has 0 fully saturated rings. The third kappa shape index (κ3) is 7.43. The van der Waals surface area contributed by atoms with Gasteiger partial charge in [0.05, 0.1) is 31.2 Å². The summed E-state index contributed by atoms with van der Waals surface area (Å²) >= 11 is 12.5. The number of likely N-dealkylation sites (N-methyl/N-ethyl adjacent to an activating group) is 1. The first-order valence-corrected chi connectivity index (χ1v) is 11.8. The number of hydrogen-bond donors (Lipinski definition) is 1. The normalized spacial score (nSPS) is 11.4. The van der Waals surface area contributed by atoms with Crippen molar-refractivity contribution in [2.24, 2.45) is 0 Å². The van der Waals surface area contributed by atoms with Crippen LogP contribution >= 0.6 is 23.2 Å². The second kappa shape index (κ2) is 10.9. The van der Waals surface area contributed by atoms with E-state index >= 15 is 0 Å². The van der Waals surface area contributed by atoms with Crippen molar-refractivity contribution in [1.29, 1.82) is 0 Å². The zero-order valence-electron chi connectivity index (χ0n) is 17.4. The topological polar surface area (TPSA) is 77.1 Å². The zero-order chi connectivity index (χ0) is 22.3. The molecule has 2 rings (SSSR count). The Morgan fingerprint density at radius 3 is 2.23 bits per heavy atom. The summed E-state index contributed by atoms with van der Waals surface area (Å²) in [6.07, 6.45) is 1.82. The fourth-order valence-corrected chi connectivity index (χ4v) is 3.76. The number of hydrogen-bond acceptors (Lipinski definition) is 6. The monoisotopic (exact) mass is 476 g/mol. The molecule has 0 aromatic heterocycles. The lowest BCUT2D eigenvalue weighted by molar-refractivity contribution is 0.239. The van der Waals surface area contributed by atoms with Crippen LogP contribution in [0.1, 0.15) is 5.56 Å². The van der Waals surface area contributed by atoms with Gasteiger partial charge in [0.15, 0.2) is 11.5 Å². The van der Waals surface area contributed by atoms with Gasteiger partial charge in [-0.25, -0.2) is 8.42 Å². The van der Waals surface area contributed by atoms with Crippen molar-refractivity contribution < 1.29 is 22.6 Å². The maximum absolute atomic E-state index is 11.3. The van der Waals surface area contributed by atoms with Crippen molar-refractivity contribution in [3.05, 3.63) is 45.9 Å². The molecule has 0 heterocycles. The highest BCUT2D eigenvalue weighted by atomic mass is 35.5. The SMILES string of the molecule is COc1cc(Cl)c(CCN(C)CCOc2ccc(NS(C)(=O)=O)cc2Cl)cc1OC. The Labute approximate surface area is 187 Å². The third-order valence-corrected chi connectivity index (χ3v) is 5.53. The number of anilines is 1. The molecule has 0 aliphatic heterocycles. The lowest BCUT2D eigenvalue weighted by Gasteiger charge is -2.18. The second-order valence-electron chi connectivity index (χ2n) is 6.72. The number of methoxy groups -OCH3 is 2. The summed E-state index contributed by atoms with van der Waals surface area (Å²) in [6, 6.07) is 8.39. The van der Waals surface area contributed by atoms with Crippen LogP contribution in [0.2, 0.25) is 10.0 Å². The van der Waals surface area contributed by atoms with Crippen LogP contribution in [0.3, 0.4) is 0 Å². The molecule has 0 aliphatic rings. The van der Waals surface area contributed by atoms with Crippen LogP contribution in [-0.4, -0.2) is 60.5 Å². The molecule has 0 aliphatic carbocycles. The van der Waals surface area contributed by atoms with Crippen LogP contribution in [0.4, 0.5) is 5.69 Å².